The zero-order chi connectivity index (χ0) is 14.2. The molecule has 0 fully saturated rings. The molecule has 0 radical (unpaired) electrons. The largest absolute Gasteiger partial charge is 0.384 e. The molecule has 0 aliphatic carbocycles. The van der Waals surface area contributed by atoms with Gasteiger partial charge in [-0.25, -0.2) is 0 Å². The third kappa shape index (κ3) is 1.98. The fourth-order valence-corrected chi connectivity index (χ4v) is 2.90. The quantitative estimate of drug-likeness (QED) is 0.728. The Morgan fingerprint density at radius 3 is 2.95 bits per heavy atom. The summed E-state index contributed by atoms with van der Waals surface area (Å²) in [5.74, 6) is 0.0361. The molecule has 0 bridgehead atoms. The summed E-state index contributed by atoms with van der Waals surface area (Å²) < 4.78 is 0. The van der Waals surface area contributed by atoms with E-state index >= 15 is 0 Å². The average Bonchev–Trinajstić information content (AvgIpc) is 3.01. The van der Waals surface area contributed by atoms with Crippen LogP contribution in [0.25, 0.3) is 10.8 Å². The van der Waals surface area contributed by atoms with Crippen molar-refractivity contribution in [3.63, 3.8) is 0 Å². The Hall–Kier alpha value is -2.68. The lowest BCUT2D eigenvalue weighted by Crippen LogP contribution is -2.03. The van der Waals surface area contributed by atoms with Crippen LogP contribution in [0.5, 0.6) is 0 Å². The Labute approximate surface area is 122 Å². The summed E-state index contributed by atoms with van der Waals surface area (Å²) in [6, 6.07) is 13.7. The molecule has 3 heteroatoms. The van der Waals surface area contributed by atoms with Gasteiger partial charge in [-0.3, -0.25) is 9.78 Å². The fraction of sp³-hybridized carbons (Fsp3) is 0.111. The lowest BCUT2D eigenvalue weighted by Gasteiger charge is -2.07. The average molecular weight is 274 g/mol. The smallest absolute Gasteiger partial charge is 0.195 e. The summed E-state index contributed by atoms with van der Waals surface area (Å²) >= 11 is 0. The van der Waals surface area contributed by atoms with Crippen LogP contribution in [0.3, 0.4) is 0 Å². The normalized spacial score (nSPS) is 13.0. The highest BCUT2D eigenvalue weighted by Gasteiger charge is 2.16. The molecule has 102 valence electrons. The van der Waals surface area contributed by atoms with Gasteiger partial charge in [0.2, 0.25) is 0 Å². The van der Waals surface area contributed by atoms with E-state index < -0.39 is 0 Å². The first-order valence-corrected chi connectivity index (χ1v) is 7.07. The number of rotatable bonds is 2. The second-order valence-electron chi connectivity index (χ2n) is 5.29. The van der Waals surface area contributed by atoms with Gasteiger partial charge < -0.3 is 5.32 Å². The predicted molar refractivity (Wildman–Crippen MR) is 83.8 cm³/mol. The second-order valence-corrected chi connectivity index (χ2v) is 5.29. The van der Waals surface area contributed by atoms with E-state index in [-0.39, 0.29) is 5.78 Å². The molecule has 0 atom stereocenters. The van der Waals surface area contributed by atoms with Gasteiger partial charge in [0.1, 0.15) is 0 Å². The molecule has 1 aliphatic rings. The van der Waals surface area contributed by atoms with Gasteiger partial charge in [0, 0.05) is 41.1 Å². The number of nitrogens with one attached hydrogen (secondary N) is 1. The molecule has 2 heterocycles. The Bertz CT molecular complexity index is 849. The number of hydrogen-bond donors (Lipinski definition) is 1. The molecule has 0 saturated carbocycles. The fourth-order valence-electron chi connectivity index (χ4n) is 2.90. The molecule has 1 N–H and O–H groups in total. The molecule has 0 spiro atoms. The van der Waals surface area contributed by atoms with Crippen LogP contribution in [0.1, 0.15) is 21.5 Å². The van der Waals surface area contributed by atoms with E-state index in [4.69, 9.17) is 0 Å². The van der Waals surface area contributed by atoms with Gasteiger partial charge in [0.15, 0.2) is 5.78 Å². The molecule has 2 aromatic carbocycles. The number of hydrogen-bond acceptors (Lipinski definition) is 3. The number of carbonyl (C=O) groups excluding carboxylic acids is 1. The number of nitrogens with zero attached hydrogens (tertiary/aromatic N) is 1. The van der Waals surface area contributed by atoms with Crippen molar-refractivity contribution in [1.29, 1.82) is 0 Å². The highest BCUT2D eigenvalue weighted by molar-refractivity contribution is 6.16. The molecule has 21 heavy (non-hydrogen) atoms. The van der Waals surface area contributed by atoms with Gasteiger partial charge in [-0.05, 0) is 35.6 Å². The monoisotopic (exact) mass is 274 g/mol. The minimum Gasteiger partial charge on any atom is -0.384 e. The number of benzene rings is 2. The van der Waals surface area contributed by atoms with Crippen molar-refractivity contribution in [2.75, 3.05) is 11.9 Å². The van der Waals surface area contributed by atoms with Gasteiger partial charge in [0.05, 0.1) is 0 Å². The van der Waals surface area contributed by atoms with E-state index in [0.29, 0.717) is 5.56 Å². The van der Waals surface area contributed by atoms with Crippen LogP contribution >= 0.6 is 0 Å². The van der Waals surface area contributed by atoms with E-state index in [1.165, 1.54) is 5.56 Å². The topological polar surface area (TPSA) is 42.0 Å². The van der Waals surface area contributed by atoms with Gasteiger partial charge in [0.25, 0.3) is 0 Å². The van der Waals surface area contributed by atoms with Crippen molar-refractivity contribution in [2.45, 2.75) is 6.42 Å². The van der Waals surface area contributed by atoms with Crippen LogP contribution in [-0.2, 0) is 6.42 Å². The summed E-state index contributed by atoms with van der Waals surface area (Å²) in [6.07, 6.45) is 4.43. The van der Waals surface area contributed by atoms with Crippen molar-refractivity contribution in [1.82, 2.24) is 4.98 Å². The lowest BCUT2D eigenvalue weighted by atomic mass is 9.98. The maximum absolute atomic E-state index is 12.8. The summed E-state index contributed by atoms with van der Waals surface area (Å²) in [5, 5.41) is 5.26. The van der Waals surface area contributed by atoms with E-state index in [1.807, 2.05) is 42.5 Å². The molecule has 1 aromatic heterocycles. The first kappa shape index (κ1) is 12.1. The Balaban J connectivity index is 1.83. The van der Waals surface area contributed by atoms with Crippen molar-refractivity contribution in [3.8, 4) is 0 Å². The molecular formula is C18H14N2O. The molecule has 0 amide bonds. The Kier molecular flexibility index (Phi) is 2.71. The maximum atomic E-state index is 12.8. The molecule has 3 aromatic rings. The molecule has 4 rings (SSSR count). The standard InChI is InChI=1S/C18H14N2O/c21-18(13-5-6-17-12(9-13)7-8-20-17)16-11-19-10-14-3-1-2-4-15(14)16/h1-6,9-11,20H,7-8H2. The first-order valence-electron chi connectivity index (χ1n) is 7.07. The highest BCUT2D eigenvalue weighted by Crippen LogP contribution is 2.26. The molecule has 3 nitrogen and oxygen atoms in total. The number of aromatic nitrogens is 1. The summed E-state index contributed by atoms with van der Waals surface area (Å²) in [7, 11) is 0. The molecular weight excluding hydrogens is 260 g/mol. The van der Waals surface area contributed by atoms with Crippen molar-refractivity contribution < 1.29 is 4.79 Å². The third-order valence-electron chi connectivity index (χ3n) is 3.99. The predicted octanol–water partition coefficient (Wildman–Crippen LogP) is 3.43. The van der Waals surface area contributed by atoms with E-state index in [9.17, 15) is 4.79 Å². The number of pyridine rings is 1. The van der Waals surface area contributed by atoms with E-state index in [0.717, 1.165) is 35.0 Å². The SMILES string of the molecule is O=C(c1ccc2c(c1)CCN2)c1cncc2ccccc12. The number of ketones is 1. The van der Waals surface area contributed by atoms with Gasteiger partial charge >= 0.3 is 0 Å². The van der Waals surface area contributed by atoms with Gasteiger partial charge in [-0.15, -0.1) is 0 Å². The zero-order valence-corrected chi connectivity index (χ0v) is 11.5. The summed E-state index contributed by atoms with van der Waals surface area (Å²) in [6.45, 7) is 0.947. The minimum atomic E-state index is 0.0361. The van der Waals surface area contributed by atoms with Crippen molar-refractivity contribution in [2.24, 2.45) is 0 Å². The highest BCUT2D eigenvalue weighted by atomic mass is 16.1. The lowest BCUT2D eigenvalue weighted by molar-refractivity contribution is 0.104. The zero-order valence-electron chi connectivity index (χ0n) is 11.5. The van der Waals surface area contributed by atoms with Crippen LogP contribution in [-0.4, -0.2) is 17.3 Å². The summed E-state index contributed by atoms with van der Waals surface area (Å²) in [5.41, 5.74) is 3.76. The maximum Gasteiger partial charge on any atom is 0.195 e. The van der Waals surface area contributed by atoms with Crippen LogP contribution in [0.2, 0.25) is 0 Å². The van der Waals surface area contributed by atoms with E-state index in [2.05, 4.69) is 10.3 Å². The van der Waals surface area contributed by atoms with Crippen molar-refractivity contribution in [3.05, 3.63) is 71.5 Å². The molecule has 1 aliphatic heterocycles. The number of fused-ring (bicyclic) bond motifs is 2. The van der Waals surface area contributed by atoms with E-state index in [1.54, 1.807) is 12.4 Å². The van der Waals surface area contributed by atoms with Crippen LogP contribution in [0.4, 0.5) is 5.69 Å². The number of anilines is 1. The van der Waals surface area contributed by atoms with Gasteiger partial charge in [-0.1, -0.05) is 24.3 Å². The first-order chi connectivity index (χ1) is 10.3. The van der Waals surface area contributed by atoms with Crippen LogP contribution in [0, 0.1) is 0 Å². The van der Waals surface area contributed by atoms with Crippen LogP contribution < -0.4 is 5.32 Å². The third-order valence-corrected chi connectivity index (χ3v) is 3.99. The molecule has 0 saturated heterocycles. The minimum absolute atomic E-state index is 0.0361. The Morgan fingerprint density at radius 2 is 2.00 bits per heavy atom. The Morgan fingerprint density at radius 1 is 1.10 bits per heavy atom. The molecule has 0 unspecified atom stereocenters. The van der Waals surface area contributed by atoms with Gasteiger partial charge in [-0.2, -0.15) is 0 Å². The summed E-state index contributed by atoms with van der Waals surface area (Å²) in [4.78, 5) is 17.0. The second kappa shape index (κ2) is 4.70. The number of carbonyl (C=O) groups is 1. The van der Waals surface area contributed by atoms with Crippen LogP contribution in [0.15, 0.2) is 54.9 Å². The van der Waals surface area contributed by atoms with Crippen molar-refractivity contribution >= 4 is 22.2 Å².